The SMILES string of the molecule is N=C1C=CC(C(F)(F)F)=CC1=N.Nc1cccc2ccccc12. The maximum Gasteiger partial charge on any atom is 0.416 e. The van der Waals surface area contributed by atoms with E-state index < -0.39 is 17.5 Å². The minimum absolute atomic E-state index is 0.206. The number of nitrogens with two attached hydrogens (primary N) is 1. The maximum absolute atomic E-state index is 12.0. The molecule has 1 aliphatic carbocycles. The molecule has 2 aromatic rings. The van der Waals surface area contributed by atoms with Crippen molar-refractivity contribution < 1.29 is 13.2 Å². The van der Waals surface area contributed by atoms with E-state index in [9.17, 15) is 13.2 Å². The van der Waals surface area contributed by atoms with Crippen LogP contribution in [0.25, 0.3) is 10.8 Å². The summed E-state index contributed by atoms with van der Waals surface area (Å²) in [6, 6.07) is 14.1. The van der Waals surface area contributed by atoms with Crippen LogP contribution in [0.2, 0.25) is 0 Å². The van der Waals surface area contributed by atoms with Crippen molar-refractivity contribution in [2.24, 2.45) is 0 Å². The van der Waals surface area contributed by atoms with Crippen molar-refractivity contribution in [2.45, 2.75) is 6.18 Å². The number of benzene rings is 2. The van der Waals surface area contributed by atoms with Crippen molar-refractivity contribution >= 4 is 27.9 Å². The third-order valence-corrected chi connectivity index (χ3v) is 3.17. The minimum atomic E-state index is -4.43. The first-order valence-electron chi connectivity index (χ1n) is 6.67. The van der Waals surface area contributed by atoms with Crippen molar-refractivity contribution in [1.82, 2.24) is 0 Å². The molecule has 0 fully saturated rings. The Morgan fingerprint density at radius 2 is 1.48 bits per heavy atom. The maximum atomic E-state index is 12.0. The van der Waals surface area contributed by atoms with Gasteiger partial charge in [0.15, 0.2) is 0 Å². The molecule has 3 nitrogen and oxygen atoms in total. The number of nitrogen functional groups attached to an aromatic ring is 1. The summed E-state index contributed by atoms with van der Waals surface area (Å²) in [4.78, 5) is 0. The Balaban J connectivity index is 0.000000167. The summed E-state index contributed by atoms with van der Waals surface area (Å²) in [5.74, 6) is 0. The average Bonchev–Trinajstić information content (AvgIpc) is 2.50. The van der Waals surface area contributed by atoms with Crippen LogP contribution in [0.1, 0.15) is 0 Å². The highest BCUT2D eigenvalue weighted by Gasteiger charge is 2.33. The topological polar surface area (TPSA) is 73.7 Å². The van der Waals surface area contributed by atoms with Crippen LogP contribution >= 0.6 is 0 Å². The van der Waals surface area contributed by atoms with Crippen LogP contribution in [-0.4, -0.2) is 17.6 Å². The molecule has 2 aromatic carbocycles. The first-order valence-corrected chi connectivity index (χ1v) is 6.67. The number of halogens is 3. The predicted molar refractivity (Wildman–Crippen MR) is 87.1 cm³/mol. The third kappa shape index (κ3) is 4.06. The van der Waals surface area contributed by atoms with Gasteiger partial charge in [-0.3, -0.25) is 10.8 Å². The summed E-state index contributed by atoms with van der Waals surface area (Å²) >= 11 is 0. The van der Waals surface area contributed by atoms with Gasteiger partial charge in [0.1, 0.15) is 0 Å². The lowest BCUT2D eigenvalue weighted by molar-refractivity contribution is -0.0881. The second-order valence-corrected chi connectivity index (χ2v) is 4.83. The van der Waals surface area contributed by atoms with Gasteiger partial charge >= 0.3 is 6.18 Å². The van der Waals surface area contributed by atoms with Gasteiger partial charge < -0.3 is 5.73 Å². The molecule has 0 saturated carbocycles. The van der Waals surface area contributed by atoms with Gasteiger partial charge in [-0.15, -0.1) is 0 Å². The molecule has 23 heavy (non-hydrogen) atoms. The highest BCUT2D eigenvalue weighted by atomic mass is 19.4. The van der Waals surface area contributed by atoms with Crippen molar-refractivity contribution in [2.75, 3.05) is 5.73 Å². The molecule has 3 rings (SSSR count). The molecule has 0 aliphatic heterocycles. The fourth-order valence-corrected chi connectivity index (χ4v) is 1.97. The highest BCUT2D eigenvalue weighted by molar-refractivity contribution is 6.49. The summed E-state index contributed by atoms with van der Waals surface area (Å²) in [5, 5.41) is 16.3. The van der Waals surface area contributed by atoms with Crippen molar-refractivity contribution in [1.29, 1.82) is 10.8 Å². The Kier molecular flexibility index (Phi) is 4.64. The van der Waals surface area contributed by atoms with E-state index in [4.69, 9.17) is 16.6 Å². The lowest BCUT2D eigenvalue weighted by atomic mass is 10.0. The monoisotopic (exact) mass is 317 g/mol. The summed E-state index contributed by atoms with van der Waals surface area (Å²) in [6.07, 6.45) is -2.03. The van der Waals surface area contributed by atoms with Crippen LogP contribution in [0.5, 0.6) is 0 Å². The lowest BCUT2D eigenvalue weighted by Gasteiger charge is -2.11. The molecule has 118 valence electrons. The summed E-state index contributed by atoms with van der Waals surface area (Å²) in [5.41, 5.74) is 5.10. The Bertz CT molecular complexity index is 812. The van der Waals surface area contributed by atoms with Crippen LogP contribution in [-0.2, 0) is 0 Å². The van der Waals surface area contributed by atoms with Crippen LogP contribution in [0.15, 0.2) is 66.3 Å². The Labute approximate surface area is 130 Å². The largest absolute Gasteiger partial charge is 0.416 e. The summed E-state index contributed by atoms with van der Waals surface area (Å²) in [6.45, 7) is 0. The molecule has 0 atom stereocenters. The lowest BCUT2D eigenvalue weighted by Crippen LogP contribution is -2.18. The van der Waals surface area contributed by atoms with E-state index in [1.165, 1.54) is 5.39 Å². The number of allylic oxidation sites excluding steroid dienone is 4. The predicted octanol–water partition coefficient (Wildman–Crippen LogP) is 4.51. The van der Waals surface area contributed by atoms with Gasteiger partial charge in [-0.05, 0) is 29.7 Å². The van der Waals surface area contributed by atoms with Crippen molar-refractivity contribution in [3.8, 4) is 0 Å². The molecule has 0 bridgehead atoms. The van der Waals surface area contributed by atoms with Crippen LogP contribution in [0.4, 0.5) is 18.9 Å². The number of rotatable bonds is 0. The molecular formula is C17H14F3N3. The zero-order valence-corrected chi connectivity index (χ0v) is 12.0. The Morgan fingerprint density at radius 3 is 2.09 bits per heavy atom. The van der Waals surface area contributed by atoms with Gasteiger partial charge in [-0.25, -0.2) is 0 Å². The summed E-state index contributed by atoms with van der Waals surface area (Å²) in [7, 11) is 0. The molecule has 0 heterocycles. The molecular weight excluding hydrogens is 303 g/mol. The zero-order chi connectivity index (χ0) is 17.0. The average molecular weight is 317 g/mol. The van der Waals surface area contributed by atoms with Crippen molar-refractivity contribution in [3.05, 3.63) is 66.3 Å². The van der Waals surface area contributed by atoms with Crippen LogP contribution in [0.3, 0.4) is 0 Å². The molecule has 4 N–H and O–H groups in total. The van der Waals surface area contributed by atoms with E-state index >= 15 is 0 Å². The normalized spacial score (nSPS) is 14.3. The molecule has 6 heteroatoms. The van der Waals surface area contributed by atoms with Gasteiger partial charge in [0.2, 0.25) is 0 Å². The third-order valence-electron chi connectivity index (χ3n) is 3.17. The van der Waals surface area contributed by atoms with E-state index in [1.807, 2.05) is 30.3 Å². The van der Waals surface area contributed by atoms with Gasteiger partial charge in [0.25, 0.3) is 0 Å². The second-order valence-electron chi connectivity index (χ2n) is 4.83. The number of hydrogen-bond acceptors (Lipinski definition) is 3. The fourth-order valence-electron chi connectivity index (χ4n) is 1.97. The zero-order valence-electron chi connectivity index (χ0n) is 12.0. The first-order chi connectivity index (χ1) is 10.8. The Morgan fingerprint density at radius 1 is 0.826 bits per heavy atom. The Hall–Kier alpha value is -2.89. The molecule has 1 aliphatic rings. The second kappa shape index (κ2) is 6.48. The molecule has 0 radical (unpaired) electrons. The number of hydrogen-bond donors (Lipinski definition) is 3. The van der Waals surface area contributed by atoms with Gasteiger partial charge in [-0.2, -0.15) is 13.2 Å². The number of anilines is 1. The van der Waals surface area contributed by atoms with Crippen LogP contribution < -0.4 is 5.73 Å². The quantitative estimate of drug-likeness (QED) is 0.485. The minimum Gasteiger partial charge on any atom is -0.398 e. The number of nitrogens with one attached hydrogen (secondary N) is 2. The van der Waals surface area contributed by atoms with E-state index in [2.05, 4.69) is 12.1 Å². The number of fused-ring (bicyclic) bond motifs is 1. The van der Waals surface area contributed by atoms with E-state index in [0.717, 1.165) is 23.2 Å². The van der Waals surface area contributed by atoms with Gasteiger partial charge in [0, 0.05) is 11.1 Å². The molecule has 0 spiro atoms. The smallest absolute Gasteiger partial charge is 0.398 e. The molecule has 0 aromatic heterocycles. The van der Waals surface area contributed by atoms with E-state index in [-0.39, 0.29) is 5.71 Å². The van der Waals surface area contributed by atoms with Gasteiger partial charge in [-0.1, -0.05) is 36.4 Å². The highest BCUT2D eigenvalue weighted by Crippen LogP contribution is 2.27. The van der Waals surface area contributed by atoms with E-state index in [1.54, 1.807) is 0 Å². The van der Waals surface area contributed by atoms with Crippen molar-refractivity contribution in [3.63, 3.8) is 0 Å². The van der Waals surface area contributed by atoms with Crippen LogP contribution in [0, 0.1) is 10.8 Å². The first kappa shape index (κ1) is 16.5. The van der Waals surface area contributed by atoms with E-state index in [0.29, 0.717) is 6.08 Å². The molecule has 0 unspecified atom stereocenters. The standard InChI is InChI=1S/C10H9N.C7H5F3N2/c11-10-7-3-5-8-4-1-2-6-9(8)10;8-7(9,10)4-1-2-5(11)6(12)3-4/h1-7H,11H2;1-3,11-12H. The number of alkyl halides is 3. The molecule has 0 saturated heterocycles. The van der Waals surface area contributed by atoms with Gasteiger partial charge in [0.05, 0.1) is 17.0 Å². The fraction of sp³-hybridized carbons (Fsp3) is 0.0588. The summed E-state index contributed by atoms with van der Waals surface area (Å²) < 4.78 is 35.9. The molecule has 0 amide bonds.